The molecule has 1 fully saturated rings. The van der Waals surface area contributed by atoms with Gasteiger partial charge in [0.05, 0.1) is 5.56 Å². The van der Waals surface area contributed by atoms with Crippen molar-refractivity contribution in [2.24, 2.45) is 0 Å². The summed E-state index contributed by atoms with van der Waals surface area (Å²) in [5, 5.41) is 3.12. The van der Waals surface area contributed by atoms with Crippen LogP contribution in [0.15, 0.2) is 54.6 Å². The Morgan fingerprint density at radius 3 is 2.44 bits per heavy atom. The molecular formula is C19H25Cl2N3O. The number of carbonyl (C=O) groups is 1. The van der Waals surface area contributed by atoms with Crippen LogP contribution >= 0.6 is 24.8 Å². The molecule has 0 spiro atoms. The largest absolute Gasteiger partial charge is 0.398 e. The first-order valence-electron chi connectivity index (χ1n) is 8.07. The molecule has 4 nitrogen and oxygen atoms in total. The van der Waals surface area contributed by atoms with E-state index in [-0.39, 0.29) is 36.8 Å². The summed E-state index contributed by atoms with van der Waals surface area (Å²) < 4.78 is 0. The van der Waals surface area contributed by atoms with Crippen molar-refractivity contribution in [3.8, 4) is 0 Å². The topological polar surface area (TPSA) is 58.4 Å². The first-order chi connectivity index (χ1) is 11.1. The maximum Gasteiger partial charge on any atom is 0.253 e. The van der Waals surface area contributed by atoms with Crippen LogP contribution in [0, 0.1) is 0 Å². The second kappa shape index (κ2) is 9.66. The van der Waals surface area contributed by atoms with Crippen molar-refractivity contribution in [1.29, 1.82) is 0 Å². The lowest BCUT2D eigenvalue weighted by Gasteiger charge is -2.20. The monoisotopic (exact) mass is 381 g/mol. The highest BCUT2D eigenvalue weighted by molar-refractivity contribution is 5.99. The third-order valence-corrected chi connectivity index (χ3v) is 4.47. The second-order valence-corrected chi connectivity index (χ2v) is 6.26. The van der Waals surface area contributed by atoms with Crippen LogP contribution in [-0.2, 0) is 6.54 Å². The van der Waals surface area contributed by atoms with Crippen molar-refractivity contribution in [3.05, 3.63) is 65.7 Å². The molecule has 136 valence electrons. The summed E-state index contributed by atoms with van der Waals surface area (Å²) in [6.07, 6.45) is 0.964. The first kappa shape index (κ1) is 21.3. The normalized spacial score (nSPS) is 19.6. The van der Waals surface area contributed by atoms with Gasteiger partial charge >= 0.3 is 0 Å². The number of halogens is 2. The molecule has 2 unspecified atom stereocenters. The molecule has 6 heteroatoms. The molecule has 1 heterocycles. The van der Waals surface area contributed by atoms with Gasteiger partial charge in [0.2, 0.25) is 0 Å². The number of anilines is 1. The summed E-state index contributed by atoms with van der Waals surface area (Å²) in [6.45, 7) is 4.00. The highest BCUT2D eigenvalue weighted by Gasteiger charge is 2.30. The molecule has 1 amide bonds. The van der Waals surface area contributed by atoms with Crippen molar-refractivity contribution in [1.82, 2.24) is 10.2 Å². The van der Waals surface area contributed by atoms with E-state index >= 15 is 0 Å². The molecule has 0 saturated carbocycles. The zero-order chi connectivity index (χ0) is 16.2. The Morgan fingerprint density at radius 2 is 1.76 bits per heavy atom. The summed E-state index contributed by atoms with van der Waals surface area (Å²) in [5.41, 5.74) is 8.27. The van der Waals surface area contributed by atoms with Crippen LogP contribution in [0.3, 0.4) is 0 Å². The van der Waals surface area contributed by atoms with Gasteiger partial charge in [-0.25, -0.2) is 0 Å². The fraction of sp³-hybridized carbons (Fsp3) is 0.316. The van der Waals surface area contributed by atoms with Crippen LogP contribution in [-0.4, -0.2) is 29.4 Å². The van der Waals surface area contributed by atoms with E-state index in [9.17, 15) is 4.79 Å². The van der Waals surface area contributed by atoms with Crippen molar-refractivity contribution < 1.29 is 4.79 Å². The average Bonchev–Trinajstić information content (AvgIpc) is 2.88. The number of hydrogen-bond donors (Lipinski definition) is 2. The fourth-order valence-corrected chi connectivity index (χ4v) is 3.21. The van der Waals surface area contributed by atoms with Crippen molar-refractivity contribution in [2.45, 2.75) is 32.0 Å². The van der Waals surface area contributed by atoms with Gasteiger partial charge in [-0.05, 0) is 31.0 Å². The number of para-hydroxylation sites is 1. The molecule has 1 saturated heterocycles. The third-order valence-electron chi connectivity index (χ3n) is 4.47. The lowest BCUT2D eigenvalue weighted by Crippen LogP contribution is -2.37. The Morgan fingerprint density at radius 1 is 1.12 bits per heavy atom. The lowest BCUT2D eigenvalue weighted by atomic mass is 10.1. The number of nitrogens with zero attached hydrogens (tertiary/aromatic N) is 1. The zero-order valence-electron chi connectivity index (χ0n) is 14.2. The molecule has 25 heavy (non-hydrogen) atoms. The molecule has 1 aliphatic heterocycles. The number of hydrogen-bond acceptors (Lipinski definition) is 3. The minimum absolute atomic E-state index is 0. The van der Waals surface area contributed by atoms with Gasteiger partial charge in [0, 0.05) is 30.9 Å². The maximum absolute atomic E-state index is 12.4. The van der Waals surface area contributed by atoms with Crippen LogP contribution < -0.4 is 11.1 Å². The summed E-state index contributed by atoms with van der Waals surface area (Å²) in [6, 6.07) is 18.3. The Kier molecular flexibility index (Phi) is 8.23. The quantitative estimate of drug-likeness (QED) is 0.796. The summed E-state index contributed by atoms with van der Waals surface area (Å²) in [4.78, 5) is 14.8. The van der Waals surface area contributed by atoms with E-state index in [2.05, 4.69) is 41.4 Å². The smallest absolute Gasteiger partial charge is 0.253 e. The molecule has 2 atom stereocenters. The van der Waals surface area contributed by atoms with Crippen LogP contribution in [0.4, 0.5) is 5.69 Å². The predicted molar refractivity (Wildman–Crippen MR) is 108 cm³/mol. The molecule has 3 rings (SSSR count). The van der Waals surface area contributed by atoms with E-state index < -0.39 is 0 Å². The number of nitrogens with two attached hydrogens (primary N) is 1. The van der Waals surface area contributed by atoms with Gasteiger partial charge in [-0.1, -0.05) is 42.5 Å². The predicted octanol–water partition coefficient (Wildman–Crippen LogP) is 3.51. The van der Waals surface area contributed by atoms with Crippen LogP contribution in [0.2, 0.25) is 0 Å². The van der Waals surface area contributed by atoms with E-state index in [1.165, 1.54) is 5.56 Å². The Hall–Kier alpha value is -1.75. The van der Waals surface area contributed by atoms with E-state index in [4.69, 9.17) is 5.73 Å². The Labute approximate surface area is 161 Å². The standard InChI is InChI=1S/C19H23N3O.2ClH/c1-14-11-16(13-22(14)12-15-7-3-2-4-8-15)21-19(23)17-9-5-6-10-18(17)20;;/h2-10,14,16H,11-13,20H2,1H3,(H,21,23);2*1H. The number of carbonyl (C=O) groups excluding carboxylic acids is 1. The molecule has 3 N–H and O–H groups in total. The van der Waals surface area contributed by atoms with Gasteiger partial charge in [0.1, 0.15) is 0 Å². The van der Waals surface area contributed by atoms with Gasteiger partial charge < -0.3 is 11.1 Å². The number of nitrogen functional groups attached to an aromatic ring is 1. The molecule has 2 aromatic rings. The minimum atomic E-state index is -0.0816. The van der Waals surface area contributed by atoms with Gasteiger partial charge in [-0.15, -0.1) is 24.8 Å². The third kappa shape index (κ3) is 5.36. The van der Waals surface area contributed by atoms with E-state index in [1.807, 2.05) is 18.2 Å². The first-order valence-corrected chi connectivity index (χ1v) is 8.07. The number of likely N-dealkylation sites (tertiary alicyclic amines) is 1. The van der Waals surface area contributed by atoms with Crippen LogP contribution in [0.1, 0.15) is 29.3 Å². The van der Waals surface area contributed by atoms with Crippen LogP contribution in [0.25, 0.3) is 0 Å². The summed E-state index contributed by atoms with van der Waals surface area (Å²) in [5.74, 6) is -0.0816. The number of rotatable bonds is 4. The van der Waals surface area contributed by atoms with Gasteiger partial charge in [0.15, 0.2) is 0 Å². The van der Waals surface area contributed by atoms with Crippen LogP contribution in [0.5, 0.6) is 0 Å². The number of nitrogens with one attached hydrogen (secondary N) is 1. The van der Waals surface area contributed by atoms with Gasteiger partial charge in [-0.2, -0.15) is 0 Å². The van der Waals surface area contributed by atoms with Crippen molar-refractivity contribution in [3.63, 3.8) is 0 Å². The van der Waals surface area contributed by atoms with Gasteiger partial charge in [-0.3, -0.25) is 9.69 Å². The SMILES string of the molecule is CC1CC(NC(=O)c2ccccc2N)CN1Cc1ccccc1.Cl.Cl. The molecule has 0 aliphatic carbocycles. The highest BCUT2D eigenvalue weighted by Crippen LogP contribution is 2.21. The fourth-order valence-electron chi connectivity index (χ4n) is 3.21. The Balaban J connectivity index is 0.00000156. The minimum Gasteiger partial charge on any atom is -0.398 e. The maximum atomic E-state index is 12.4. The highest BCUT2D eigenvalue weighted by atomic mass is 35.5. The van der Waals surface area contributed by atoms with Crippen molar-refractivity contribution >= 4 is 36.4 Å². The summed E-state index contributed by atoms with van der Waals surface area (Å²) in [7, 11) is 0. The lowest BCUT2D eigenvalue weighted by molar-refractivity contribution is 0.0938. The Bertz CT molecular complexity index is 681. The van der Waals surface area contributed by atoms with E-state index in [1.54, 1.807) is 12.1 Å². The number of amides is 1. The number of benzene rings is 2. The molecule has 2 aromatic carbocycles. The second-order valence-electron chi connectivity index (χ2n) is 6.26. The summed E-state index contributed by atoms with van der Waals surface area (Å²) >= 11 is 0. The average molecular weight is 382 g/mol. The van der Waals surface area contributed by atoms with E-state index in [0.717, 1.165) is 19.5 Å². The molecule has 1 aliphatic rings. The zero-order valence-corrected chi connectivity index (χ0v) is 15.9. The van der Waals surface area contributed by atoms with Gasteiger partial charge in [0.25, 0.3) is 5.91 Å². The molecule has 0 aromatic heterocycles. The molecule has 0 bridgehead atoms. The van der Waals surface area contributed by atoms with E-state index in [0.29, 0.717) is 17.3 Å². The molecular weight excluding hydrogens is 357 g/mol. The van der Waals surface area contributed by atoms with Crippen molar-refractivity contribution in [2.75, 3.05) is 12.3 Å². The molecule has 0 radical (unpaired) electrons.